The van der Waals surface area contributed by atoms with Gasteiger partial charge in [0.2, 0.25) is 11.6 Å². The molecule has 1 aliphatic rings. The zero-order valence-electron chi connectivity index (χ0n) is 5.20. The van der Waals surface area contributed by atoms with Crippen LogP contribution in [-0.2, 0) is 9.59 Å². The molecule has 1 N–H and O–H groups in total. The van der Waals surface area contributed by atoms with Crippen LogP contribution >= 0.6 is 0 Å². The highest BCUT2D eigenvalue weighted by atomic mass is 16.3. The number of allylic oxidation sites excluding steroid dienone is 2. The van der Waals surface area contributed by atoms with E-state index in [0.29, 0.717) is 0 Å². The fraction of sp³-hybridized carbons (Fsp3) is 0.143. The predicted octanol–water partition coefficient (Wildman–Crippen LogP) is -0.389. The molecular weight excluding hydrogens is 132 g/mol. The fourth-order valence-corrected chi connectivity index (χ4v) is 0.663. The molecule has 0 aromatic heterocycles. The number of carbonyl (C=O) groups excluding carboxylic acids is 2. The van der Waals surface area contributed by atoms with E-state index in [2.05, 4.69) is 6.58 Å². The molecule has 3 nitrogen and oxygen atoms in total. The third-order valence-electron chi connectivity index (χ3n) is 1.26. The number of hydrogen-bond acceptors (Lipinski definition) is 3. The van der Waals surface area contributed by atoms with Gasteiger partial charge in [0.25, 0.3) is 0 Å². The van der Waals surface area contributed by atoms with Crippen molar-refractivity contribution >= 4 is 11.6 Å². The molecule has 0 aromatic rings. The van der Waals surface area contributed by atoms with Gasteiger partial charge in [0, 0.05) is 5.57 Å². The molecule has 1 atom stereocenters. The lowest BCUT2D eigenvalue weighted by molar-refractivity contribution is -0.138. The highest BCUT2D eigenvalue weighted by Crippen LogP contribution is 2.07. The fourth-order valence-electron chi connectivity index (χ4n) is 0.663. The summed E-state index contributed by atoms with van der Waals surface area (Å²) in [5.74, 6) is -1.50. The molecule has 0 aliphatic heterocycles. The van der Waals surface area contributed by atoms with Gasteiger partial charge in [0.05, 0.1) is 0 Å². The zero-order valence-corrected chi connectivity index (χ0v) is 5.20. The average Bonchev–Trinajstić information content (AvgIpc) is 1.93. The first-order valence-electron chi connectivity index (χ1n) is 2.76. The van der Waals surface area contributed by atoms with E-state index < -0.39 is 17.7 Å². The Kier molecular flexibility index (Phi) is 1.51. The third kappa shape index (κ3) is 0.910. The lowest BCUT2D eigenvalue weighted by Gasteiger charge is -2.08. The van der Waals surface area contributed by atoms with E-state index in [1.54, 1.807) is 0 Å². The van der Waals surface area contributed by atoms with Gasteiger partial charge in [0.1, 0.15) is 6.10 Å². The van der Waals surface area contributed by atoms with Gasteiger partial charge in [-0.1, -0.05) is 12.7 Å². The molecule has 0 radical (unpaired) electrons. The van der Waals surface area contributed by atoms with Gasteiger partial charge in [-0.05, 0) is 6.08 Å². The lowest BCUT2D eigenvalue weighted by Crippen LogP contribution is -2.30. The van der Waals surface area contributed by atoms with Crippen LogP contribution in [0.2, 0.25) is 0 Å². The Morgan fingerprint density at radius 2 is 2.10 bits per heavy atom. The SMILES string of the molecule is C=C1C=CC(O)C(=O)C1=O. The normalized spacial score (nSPS) is 25.7. The average molecular weight is 138 g/mol. The second-order valence-corrected chi connectivity index (χ2v) is 2.02. The maximum atomic E-state index is 10.7. The molecule has 0 saturated carbocycles. The summed E-state index contributed by atoms with van der Waals surface area (Å²) < 4.78 is 0. The first-order valence-corrected chi connectivity index (χ1v) is 2.76. The number of Topliss-reactive ketones (excluding diaryl/α,β-unsaturated/α-hetero) is 2. The van der Waals surface area contributed by atoms with E-state index in [1.807, 2.05) is 0 Å². The van der Waals surface area contributed by atoms with Crippen molar-refractivity contribution in [2.75, 3.05) is 0 Å². The quantitative estimate of drug-likeness (QED) is 0.366. The highest BCUT2D eigenvalue weighted by molar-refractivity contribution is 6.46. The maximum Gasteiger partial charge on any atom is 0.235 e. The Bertz CT molecular complexity index is 237. The van der Waals surface area contributed by atoms with E-state index in [1.165, 1.54) is 12.2 Å². The molecule has 0 saturated heterocycles. The zero-order chi connectivity index (χ0) is 7.72. The molecule has 10 heavy (non-hydrogen) atoms. The summed E-state index contributed by atoms with van der Waals surface area (Å²) in [7, 11) is 0. The molecule has 52 valence electrons. The summed E-state index contributed by atoms with van der Waals surface area (Å²) in [6.45, 7) is 3.31. The standard InChI is InChI=1S/C7H6O3/c1-4-2-3-5(8)7(10)6(4)9/h2-3,5,8H,1H2. The second kappa shape index (κ2) is 2.19. The van der Waals surface area contributed by atoms with Crippen molar-refractivity contribution in [1.29, 1.82) is 0 Å². The predicted molar refractivity (Wildman–Crippen MR) is 34.3 cm³/mol. The van der Waals surface area contributed by atoms with Crippen molar-refractivity contribution in [2.24, 2.45) is 0 Å². The molecule has 3 heteroatoms. The Labute approximate surface area is 57.7 Å². The molecule has 0 aromatic carbocycles. The smallest absolute Gasteiger partial charge is 0.235 e. The Hall–Kier alpha value is -1.22. The second-order valence-electron chi connectivity index (χ2n) is 2.02. The molecule has 0 bridgehead atoms. The summed E-state index contributed by atoms with van der Waals surface area (Å²) in [5.41, 5.74) is 0.135. The molecular formula is C7H6O3. The Morgan fingerprint density at radius 3 is 2.60 bits per heavy atom. The van der Waals surface area contributed by atoms with Crippen LogP contribution in [0.1, 0.15) is 0 Å². The monoisotopic (exact) mass is 138 g/mol. The van der Waals surface area contributed by atoms with Crippen molar-refractivity contribution < 1.29 is 14.7 Å². The molecule has 1 unspecified atom stereocenters. The third-order valence-corrected chi connectivity index (χ3v) is 1.26. The van der Waals surface area contributed by atoms with Gasteiger partial charge >= 0.3 is 0 Å². The van der Waals surface area contributed by atoms with E-state index in [-0.39, 0.29) is 5.57 Å². The highest BCUT2D eigenvalue weighted by Gasteiger charge is 2.25. The number of aliphatic hydroxyl groups excluding tert-OH is 1. The number of aliphatic hydroxyl groups is 1. The number of rotatable bonds is 0. The number of hydrogen-bond donors (Lipinski definition) is 1. The van der Waals surface area contributed by atoms with Gasteiger partial charge in [0.15, 0.2) is 0 Å². The van der Waals surface area contributed by atoms with Gasteiger partial charge < -0.3 is 5.11 Å². The van der Waals surface area contributed by atoms with Gasteiger partial charge in [-0.2, -0.15) is 0 Å². The molecule has 1 aliphatic carbocycles. The molecule has 0 amide bonds. The van der Waals surface area contributed by atoms with E-state index in [4.69, 9.17) is 5.11 Å². The van der Waals surface area contributed by atoms with Crippen LogP contribution in [0.25, 0.3) is 0 Å². The van der Waals surface area contributed by atoms with Crippen LogP contribution in [0, 0.1) is 0 Å². The van der Waals surface area contributed by atoms with Crippen LogP contribution in [0.15, 0.2) is 24.3 Å². The summed E-state index contributed by atoms with van der Waals surface area (Å²) >= 11 is 0. The molecule has 0 fully saturated rings. The summed E-state index contributed by atoms with van der Waals surface area (Å²) in [6, 6.07) is 0. The van der Waals surface area contributed by atoms with Gasteiger partial charge in [-0.3, -0.25) is 9.59 Å². The van der Waals surface area contributed by atoms with Crippen LogP contribution in [0.4, 0.5) is 0 Å². The van der Waals surface area contributed by atoms with Crippen LogP contribution < -0.4 is 0 Å². The molecule has 0 spiro atoms. The van der Waals surface area contributed by atoms with Gasteiger partial charge in [-0.15, -0.1) is 0 Å². The van der Waals surface area contributed by atoms with Crippen LogP contribution in [-0.4, -0.2) is 22.8 Å². The number of ketones is 2. The maximum absolute atomic E-state index is 10.7. The number of carbonyl (C=O) groups is 2. The summed E-state index contributed by atoms with van der Waals surface area (Å²) in [6.07, 6.45) is 1.32. The minimum atomic E-state index is -1.27. The molecule has 1 rings (SSSR count). The first-order chi connectivity index (χ1) is 4.63. The van der Waals surface area contributed by atoms with Crippen molar-refractivity contribution in [2.45, 2.75) is 6.10 Å². The topological polar surface area (TPSA) is 54.4 Å². The van der Waals surface area contributed by atoms with Gasteiger partial charge in [-0.25, -0.2) is 0 Å². The summed E-state index contributed by atoms with van der Waals surface area (Å²) in [5, 5.41) is 8.77. The minimum Gasteiger partial charge on any atom is -0.381 e. The van der Waals surface area contributed by atoms with Crippen molar-refractivity contribution in [3.63, 3.8) is 0 Å². The van der Waals surface area contributed by atoms with Crippen molar-refractivity contribution in [3.05, 3.63) is 24.3 Å². The largest absolute Gasteiger partial charge is 0.381 e. The van der Waals surface area contributed by atoms with E-state index in [9.17, 15) is 9.59 Å². The van der Waals surface area contributed by atoms with Crippen molar-refractivity contribution in [1.82, 2.24) is 0 Å². The van der Waals surface area contributed by atoms with Crippen molar-refractivity contribution in [3.8, 4) is 0 Å². The van der Waals surface area contributed by atoms with Crippen LogP contribution in [0.5, 0.6) is 0 Å². The molecule has 0 heterocycles. The summed E-state index contributed by atoms with van der Waals surface area (Å²) in [4.78, 5) is 21.3. The Morgan fingerprint density at radius 1 is 1.50 bits per heavy atom. The Balaban J connectivity index is 3.01. The minimum absolute atomic E-state index is 0.135. The van der Waals surface area contributed by atoms with Crippen LogP contribution in [0.3, 0.4) is 0 Å². The van der Waals surface area contributed by atoms with E-state index in [0.717, 1.165) is 0 Å². The van der Waals surface area contributed by atoms with E-state index >= 15 is 0 Å². The first kappa shape index (κ1) is 6.89. The lowest BCUT2D eigenvalue weighted by atomic mass is 9.99.